The van der Waals surface area contributed by atoms with Crippen LogP contribution in [0.4, 0.5) is 11.4 Å². The molecule has 3 N–H and O–H groups in total. The highest BCUT2D eigenvalue weighted by atomic mass is 35.5. The molecule has 1 aromatic carbocycles. The summed E-state index contributed by atoms with van der Waals surface area (Å²) in [5.74, 6) is 0.581. The molecule has 2 amide bonds. The van der Waals surface area contributed by atoms with E-state index >= 15 is 0 Å². The van der Waals surface area contributed by atoms with Crippen molar-refractivity contribution in [3.8, 4) is 0 Å². The van der Waals surface area contributed by atoms with Gasteiger partial charge in [0.15, 0.2) is 0 Å². The Labute approximate surface area is 143 Å². The second-order valence-electron chi connectivity index (χ2n) is 6.22. The van der Waals surface area contributed by atoms with E-state index in [1.54, 1.807) is 4.90 Å². The maximum Gasteiger partial charge on any atom is 0.227 e. The van der Waals surface area contributed by atoms with Gasteiger partial charge in [0.05, 0.1) is 0 Å². The van der Waals surface area contributed by atoms with E-state index in [9.17, 15) is 9.59 Å². The number of nitrogens with zero attached hydrogens (tertiary/aromatic N) is 1. The summed E-state index contributed by atoms with van der Waals surface area (Å²) in [5.41, 5.74) is 7.43. The number of anilines is 2. The first-order chi connectivity index (χ1) is 10.7. The SMILES string of the molecule is Cl.NC[C@H]1CCC[C@H]1C(=O)Nc1ccc(N2CCCC2=O)cc1. The van der Waals surface area contributed by atoms with Crippen molar-refractivity contribution in [1.29, 1.82) is 0 Å². The summed E-state index contributed by atoms with van der Waals surface area (Å²) in [5, 5.41) is 2.98. The minimum Gasteiger partial charge on any atom is -0.330 e. The van der Waals surface area contributed by atoms with Crippen LogP contribution in [0.15, 0.2) is 24.3 Å². The Morgan fingerprint density at radius 2 is 1.96 bits per heavy atom. The minimum atomic E-state index is 0. The zero-order valence-corrected chi connectivity index (χ0v) is 14.0. The highest BCUT2D eigenvalue weighted by molar-refractivity contribution is 5.96. The number of amides is 2. The number of nitrogens with two attached hydrogens (primary N) is 1. The topological polar surface area (TPSA) is 75.4 Å². The lowest BCUT2D eigenvalue weighted by Gasteiger charge is -2.18. The summed E-state index contributed by atoms with van der Waals surface area (Å²) in [6, 6.07) is 7.53. The van der Waals surface area contributed by atoms with Gasteiger partial charge >= 0.3 is 0 Å². The second-order valence-corrected chi connectivity index (χ2v) is 6.22. The predicted molar refractivity (Wildman–Crippen MR) is 93.8 cm³/mol. The highest BCUT2D eigenvalue weighted by Crippen LogP contribution is 2.32. The van der Waals surface area contributed by atoms with E-state index in [1.807, 2.05) is 24.3 Å². The molecule has 6 heteroatoms. The number of rotatable bonds is 4. The molecule has 0 spiro atoms. The maximum absolute atomic E-state index is 12.3. The lowest BCUT2D eigenvalue weighted by atomic mass is 9.95. The molecule has 2 atom stereocenters. The van der Waals surface area contributed by atoms with Crippen LogP contribution in [0.3, 0.4) is 0 Å². The van der Waals surface area contributed by atoms with Crippen molar-refractivity contribution in [3.05, 3.63) is 24.3 Å². The number of hydrogen-bond donors (Lipinski definition) is 2. The zero-order valence-electron chi connectivity index (χ0n) is 13.2. The van der Waals surface area contributed by atoms with Crippen molar-refractivity contribution in [2.24, 2.45) is 17.6 Å². The monoisotopic (exact) mass is 337 g/mol. The lowest BCUT2D eigenvalue weighted by molar-refractivity contribution is -0.120. The fraction of sp³-hybridized carbons (Fsp3) is 0.529. The predicted octanol–water partition coefficient (Wildman–Crippen LogP) is 2.55. The van der Waals surface area contributed by atoms with E-state index in [1.165, 1.54) is 0 Å². The van der Waals surface area contributed by atoms with Crippen molar-refractivity contribution in [2.45, 2.75) is 32.1 Å². The number of benzene rings is 1. The molecule has 1 saturated carbocycles. The lowest BCUT2D eigenvalue weighted by Crippen LogP contribution is -2.29. The van der Waals surface area contributed by atoms with E-state index in [4.69, 9.17) is 5.73 Å². The first kappa shape index (κ1) is 17.8. The Kier molecular flexibility index (Phi) is 6.02. The van der Waals surface area contributed by atoms with Crippen LogP contribution < -0.4 is 16.0 Å². The second kappa shape index (κ2) is 7.79. The van der Waals surface area contributed by atoms with Crippen molar-refractivity contribution in [2.75, 3.05) is 23.3 Å². The molecule has 126 valence electrons. The molecule has 1 aliphatic heterocycles. The maximum atomic E-state index is 12.3. The molecule has 0 aromatic heterocycles. The van der Waals surface area contributed by atoms with Gasteiger partial charge in [-0.1, -0.05) is 6.42 Å². The molecule has 2 aliphatic rings. The van der Waals surface area contributed by atoms with E-state index in [0.717, 1.165) is 43.6 Å². The molecule has 1 aromatic rings. The smallest absolute Gasteiger partial charge is 0.227 e. The van der Waals surface area contributed by atoms with Crippen molar-refractivity contribution in [1.82, 2.24) is 0 Å². The fourth-order valence-electron chi connectivity index (χ4n) is 3.54. The summed E-state index contributed by atoms with van der Waals surface area (Å²) in [6.45, 7) is 1.36. The van der Waals surface area contributed by atoms with E-state index in [-0.39, 0.29) is 30.1 Å². The minimum absolute atomic E-state index is 0. The molecule has 1 saturated heterocycles. The van der Waals surface area contributed by atoms with Crippen LogP contribution in [-0.2, 0) is 9.59 Å². The van der Waals surface area contributed by atoms with Gasteiger partial charge in [-0.15, -0.1) is 12.4 Å². The summed E-state index contributed by atoms with van der Waals surface area (Å²) in [4.78, 5) is 25.9. The Morgan fingerprint density at radius 1 is 1.22 bits per heavy atom. The number of carbonyl (C=O) groups is 2. The number of halogens is 1. The van der Waals surface area contributed by atoms with Crippen LogP contribution >= 0.6 is 12.4 Å². The van der Waals surface area contributed by atoms with Gasteiger partial charge in [-0.3, -0.25) is 9.59 Å². The highest BCUT2D eigenvalue weighted by Gasteiger charge is 2.31. The zero-order chi connectivity index (χ0) is 15.5. The quantitative estimate of drug-likeness (QED) is 0.886. The van der Waals surface area contributed by atoms with E-state index in [0.29, 0.717) is 18.9 Å². The van der Waals surface area contributed by atoms with Crippen LogP contribution in [-0.4, -0.2) is 24.9 Å². The van der Waals surface area contributed by atoms with Crippen molar-refractivity contribution >= 4 is 35.6 Å². The molecule has 5 nitrogen and oxygen atoms in total. The van der Waals surface area contributed by atoms with Gasteiger partial charge in [0, 0.05) is 30.3 Å². The Bertz CT molecular complexity index is 561. The standard InChI is InChI=1S/C17H23N3O2.ClH/c18-11-12-3-1-4-15(12)17(22)19-13-6-8-14(9-7-13)20-10-2-5-16(20)21;/h6-9,12,15H,1-5,10-11,18H2,(H,19,22);1H/t12-,15-;/m1./s1. The first-order valence-electron chi connectivity index (χ1n) is 8.10. The summed E-state index contributed by atoms with van der Waals surface area (Å²) >= 11 is 0. The number of hydrogen-bond acceptors (Lipinski definition) is 3. The summed E-state index contributed by atoms with van der Waals surface area (Å²) < 4.78 is 0. The molecular weight excluding hydrogens is 314 g/mol. The van der Waals surface area contributed by atoms with Crippen LogP contribution in [0, 0.1) is 11.8 Å². The molecule has 3 rings (SSSR count). The third kappa shape index (κ3) is 3.85. The third-order valence-corrected chi connectivity index (χ3v) is 4.82. The normalized spacial score (nSPS) is 23.7. The molecular formula is C17H24ClN3O2. The van der Waals surface area contributed by atoms with Gasteiger partial charge in [0.25, 0.3) is 0 Å². The Balaban J connectivity index is 0.00000192. The molecule has 23 heavy (non-hydrogen) atoms. The first-order valence-corrected chi connectivity index (χ1v) is 8.10. The fourth-order valence-corrected chi connectivity index (χ4v) is 3.54. The van der Waals surface area contributed by atoms with E-state index in [2.05, 4.69) is 5.32 Å². The van der Waals surface area contributed by atoms with Gasteiger partial charge in [-0.05, 0) is 56.0 Å². The van der Waals surface area contributed by atoms with Gasteiger partial charge in [0.2, 0.25) is 11.8 Å². The van der Waals surface area contributed by atoms with Crippen molar-refractivity contribution < 1.29 is 9.59 Å². The number of nitrogens with one attached hydrogen (secondary N) is 1. The Morgan fingerprint density at radius 3 is 2.57 bits per heavy atom. The van der Waals surface area contributed by atoms with Gasteiger partial charge in [-0.25, -0.2) is 0 Å². The van der Waals surface area contributed by atoms with Gasteiger partial charge in [0.1, 0.15) is 0 Å². The average Bonchev–Trinajstić information content (AvgIpc) is 3.16. The van der Waals surface area contributed by atoms with Crippen LogP contribution in [0.25, 0.3) is 0 Å². The molecule has 0 bridgehead atoms. The Hall–Kier alpha value is -1.59. The summed E-state index contributed by atoms with van der Waals surface area (Å²) in [6.07, 6.45) is 4.59. The van der Waals surface area contributed by atoms with Crippen molar-refractivity contribution in [3.63, 3.8) is 0 Å². The molecule has 2 fully saturated rings. The molecule has 0 radical (unpaired) electrons. The molecule has 1 aliphatic carbocycles. The average molecular weight is 338 g/mol. The molecule has 1 heterocycles. The molecule has 0 unspecified atom stereocenters. The van der Waals surface area contributed by atoms with Crippen LogP contribution in [0.2, 0.25) is 0 Å². The number of carbonyl (C=O) groups excluding carboxylic acids is 2. The van der Waals surface area contributed by atoms with Gasteiger partial charge < -0.3 is 16.0 Å². The van der Waals surface area contributed by atoms with Crippen LogP contribution in [0.5, 0.6) is 0 Å². The van der Waals surface area contributed by atoms with Gasteiger partial charge in [-0.2, -0.15) is 0 Å². The van der Waals surface area contributed by atoms with Crippen LogP contribution in [0.1, 0.15) is 32.1 Å². The van der Waals surface area contributed by atoms with E-state index < -0.39 is 0 Å². The third-order valence-electron chi connectivity index (χ3n) is 4.82. The largest absolute Gasteiger partial charge is 0.330 e. The summed E-state index contributed by atoms with van der Waals surface area (Å²) in [7, 11) is 0.